The molecule has 3 amide bonds. The van der Waals surface area contributed by atoms with E-state index < -0.39 is 0 Å². The molecule has 154 valence electrons. The number of anilines is 2. The Balaban J connectivity index is 1.43. The average Bonchev–Trinajstić information content (AvgIpc) is 3.01. The van der Waals surface area contributed by atoms with Crippen LogP contribution in [0.15, 0.2) is 48.5 Å². The van der Waals surface area contributed by atoms with Crippen LogP contribution in [0.4, 0.5) is 16.2 Å². The van der Waals surface area contributed by atoms with E-state index in [1.54, 1.807) is 30.3 Å². The Labute approximate surface area is 176 Å². The van der Waals surface area contributed by atoms with Crippen LogP contribution in [0.1, 0.15) is 31.2 Å². The van der Waals surface area contributed by atoms with Gasteiger partial charge in [0.1, 0.15) is 6.61 Å². The van der Waals surface area contributed by atoms with E-state index in [1.165, 1.54) is 12.8 Å². The molecule has 0 saturated carbocycles. The van der Waals surface area contributed by atoms with E-state index >= 15 is 0 Å². The van der Waals surface area contributed by atoms with E-state index in [9.17, 15) is 9.59 Å². The number of ether oxygens (including phenoxy) is 1. The molecule has 0 radical (unpaired) electrons. The number of halogens is 1. The predicted octanol–water partition coefficient (Wildman–Crippen LogP) is 4.90. The molecule has 2 aromatic rings. The summed E-state index contributed by atoms with van der Waals surface area (Å²) >= 11 is 6.06. The summed E-state index contributed by atoms with van der Waals surface area (Å²) in [4.78, 5) is 26.3. The number of nitrogens with one attached hydrogen (secondary N) is 2. The van der Waals surface area contributed by atoms with Gasteiger partial charge in [0.15, 0.2) is 0 Å². The van der Waals surface area contributed by atoms with E-state index in [2.05, 4.69) is 10.6 Å². The van der Waals surface area contributed by atoms with Gasteiger partial charge in [0.2, 0.25) is 5.91 Å². The first kappa shape index (κ1) is 21.1. The maximum absolute atomic E-state index is 12.4. The van der Waals surface area contributed by atoms with Crippen molar-refractivity contribution in [1.29, 1.82) is 0 Å². The van der Waals surface area contributed by atoms with Crippen LogP contribution in [0, 0.1) is 0 Å². The summed E-state index contributed by atoms with van der Waals surface area (Å²) in [5.74, 6) is -0.251. The standard InChI is InChI=1S/C22H26ClN3O3/c23-20-8-4-3-7-17(20)15-29-16-21(27)24-18-9-11-19(12-10-18)25-22(28)26-13-5-1-2-6-14-26/h3-4,7-12H,1-2,5-6,13-16H2,(H,24,27)(H,25,28). The number of amides is 3. The fourth-order valence-corrected chi connectivity index (χ4v) is 3.37. The molecule has 1 heterocycles. The molecule has 1 saturated heterocycles. The first-order chi connectivity index (χ1) is 14.1. The van der Waals surface area contributed by atoms with Gasteiger partial charge in [-0.1, -0.05) is 42.6 Å². The molecule has 0 spiro atoms. The normalized spacial score (nSPS) is 14.2. The summed E-state index contributed by atoms with van der Waals surface area (Å²) < 4.78 is 5.43. The zero-order valence-corrected chi connectivity index (χ0v) is 17.1. The van der Waals surface area contributed by atoms with Gasteiger partial charge >= 0.3 is 6.03 Å². The zero-order chi connectivity index (χ0) is 20.5. The van der Waals surface area contributed by atoms with E-state index in [1.807, 2.05) is 23.1 Å². The highest BCUT2D eigenvalue weighted by molar-refractivity contribution is 6.31. The molecule has 2 N–H and O–H groups in total. The van der Waals surface area contributed by atoms with Gasteiger partial charge < -0.3 is 20.3 Å². The highest BCUT2D eigenvalue weighted by Crippen LogP contribution is 2.17. The summed E-state index contributed by atoms with van der Waals surface area (Å²) in [5, 5.41) is 6.31. The molecule has 0 atom stereocenters. The molecule has 0 aromatic heterocycles. The summed E-state index contributed by atoms with van der Waals surface area (Å²) in [5.41, 5.74) is 2.18. The lowest BCUT2D eigenvalue weighted by Gasteiger charge is -2.20. The number of hydrogen-bond donors (Lipinski definition) is 2. The van der Waals surface area contributed by atoms with Crippen molar-refractivity contribution in [3.8, 4) is 0 Å². The van der Waals surface area contributed by atoms with Gasteiger partial charge in [0.05, 0.1) is 6.61 Å². The largest absolute Gasteiger partial charge is 0.367 e. The summed E-state index contributed by atoms with van der Waals surface area (Å²) in [6.07, 6.45) is 4.47. The van der Waals surface area contributed by atoms with Crippen LogP contribution in [-0.2, 0) is 16.1 Å². The van der Waals surface area contributed by atoms with Crippen molar-refractivity contribution in [3.05, 3.63) is 59.1 Å². The number of urea groups is 1. The molecule has 6 nitrogen and oxygen atoms in total. The van der Waals surface area contributed by atoms with Crippen molar-refractivity contribution in [1.82, 2.24) is 4.90 Å². The van der Waals surface area contributed by atoms with Gasteiger partial charge in [-0.05, 0) is 48.7 Å². The third-order valence-corrected chi connectivity index (χ3v) is 5.13. The topological polar surface area (TPSA) is 70.7 Å². The Morgan fingerprint density at radius 1 is 0.897 bits per heavy atom. The van der Waals surface area contributed by atoms with Crippen LogP contribution in [0.2, 0.25) is 5.02 Å². The fraction of sp³-hybridized carbons (Fsp3) is 0.364. The quantitative estimate of drug-likeness (QED) is 0.704. The third kappa shape index (κ3) is 6.76. The Kier molecular flexibility index (Phi) is 7.90. The molecule has 1 fully saturated rings. The van der Waals surface area contributed by atoms with Crippen molar-refractivity contribution in [2.75, 3.05) is 30.3 Å². The van der Waals surface area contributed by atoms with Gasteiger partial charge in [-0.2, -0.15) is 0 Å². The summed E-state index contributed by atoms with van der Waals surface area (Å²) in [7, 11) is 0. The van der Waals surface area contributed by atoms with E-state index in [4.69, 9.17) is 16.3 Å². The Morgan fingerprint density at radius 2 is 1.52 bits per heavy atom. The van der Waals surface area contributed by atoms with Gasteiger partial charge in [0, 0.05) is 29.5 Å². The molecule has 29 heavy (non-hydrogen) atoms. The van der Waals surface area contributed by atoms with Gasteiger partial charge in [-0.25, -0.2) is 4.79 Å². The number of benzene rings is 2. The average molecular weight is 416 g/mol. The maximum Gasteiger partial charge on any atom is 0.321 e. The maximum atomic E-state index is 12.4. The van der Waals surface area contributed by atoms with E-state index in [0.717, 1.165) is 31.5 Å². The molecule has 3 rings (SSSR count). The minimum absolute atomic E-state index is 0.0708. The van der Waals surface area contributed by atoms with Crippen molar-refractivity contribution in [3.63, 3.8) is 0 Å². The highest BCUT2D eigenvalue weighted by Gasteiger charge is 2.15. The zero-order valence-electron chi connectivity index (χ0n) is 16.3. The second-order valence-corrected chi connectivity index (χ2v) is 7.45. The number of carbonyl (C=O) groups excluding carboxylic acids is 2. The lowest BCUT2D eigenvalue weighted by Crippen LogP contribution is -2.35. The first-order valence-electron chi connectivity index (χ1n) is 9.89. The minimum atomic E-state index is -0.251. The molecule has 1 aliphatic rings. The van der Waals surface area contributed by atoms with Crippen LogP contribution in [0.25, 0.3) is 0 Å². The van der Waals surface area contributed by atoms with Crippen LogP contribution in [0.5, 0.6) is 0 Å². The smallest absolute Gasteiger partial charge is 0.321 e. The molecular formula is C22H26ClN3O3. The predicted molar refractivity (Wildman–Crippen MR) is 115 cm³/mol. The molecule has 7 heteroatoms. The van der Waals surface area contributed by atoms with E-state index in [0.29, 0.717) is 16.4 Å². The highest BCUT2D eigenvalue weighted by atomic mass is 35.5. The van der Waals surface area contributed by atoms with Crippen molar-refractivity contribution >= 4 is 34.9 Å². The molecule has 0 unspecified atom stereocenters. The number of likely N-dealkylation sites (tertiary alicyclic amines) is 1. The minimum Gasteiger partial charge on any atom is -0.367 e. The fourth-order valence-electron chi connectivity index (χ4n) is 3.18. The van der Waals surface area contributed by atoms with Crippen LogP contribution >= 0.6 is 11.6 Å². The molecule has 0 aliphatic carbocycles. The van der Waals surface area contributed by atoms with Crippen LogP contribution < -0.4 is 10.6 Å². The van der Waals surface area contributed by atoms with Crippen molar-refractivity contribution in [2.24, 2.45) is 0 Å². The van der Waals surface area contributed by atoms with Crippen molar-refractivity contribution in [2.45, 2.75) is 32.3 Å². The Hall–Kier alpha value is -2.57. The molecule has 1 aliphatic heterocycles. The monoisotopic (exact) mass is 415 g/mol. The van der Waals surface area contributed by atoms with E-state index in [-0.39, 0.29) is 25.2 Å². The van der Waals surface area contributed by atoms with Gasteiger partial charge in [-0.3, -0.25) is 4.79 Å². The van der Waals surface area contributed by atoms with Crippen LogP contribution in [0.3, 0.4) is 0 Å². The first-order valence-corrected chi connectivity index (χ1v) is 10.3. The summed E-state index contributed by atoms with van der Waals surface area (Å²) in [6.45, 7) is 1.80. The number of nitrogens with zero attached hydrogens (tertiary/aromatic N) is 1. The van der Waals surface area contributed by atoms with Gasteiger partial charge in [-0.15, -0.1) is 0 Å². The Bertz CT molecular complexity index is 818. The number of rotatable bonds is 6. The van der Waals surface area contributed by atoms with Gasteiger partial charge in [0.25, 0.3) is 0 Å². The second kappa shape index (κ2) is 10.8. The SMILES string of the molecule is O=C(COCc1ccccc1Cl)Nc1ccc(NC(=O)N2CCCCCC2)cc1. The molecule has 0 bridgehead atoms. The second-order valence-electron chi connectivity index (χ2n) is 7.04. The number of hydrogen-bond acceptors (Lipinski definition) is 3. The van der Waals surface area contributed by atoms with Crippen LogP contribution in [-0.4, -0.2) is 36.5 Å². The lowest BCUT2D eigenvalue weighted by atomic mass is 10.2. The van der Waals surface area contributed by atoms with Crippen molar-refractivity contribution < 1.29 is 14.3 Å². The molecule has 2 aromatic carbocycles. The summed E-state index contributed by atoms with van der Waals surface area (Å²) in [6, 6.07) is 14.3. The molecular weight excluding hydrogens is 390 g/mol. The number of carbonyl (C=O) groups is 2. The third-order valence-electron chi connectivity index (χ3n) is 4.76. The lowest BCUT2D eigenvalue weighted by molar-refractivity contribution is -0.121. The Morgan fingerprint density at radius 3 is 2.17 bits per heavy atom.